The Bertz CT molecular complexity index is 1730. The third-order valence-corrected chi connectivity index (χ3v) is 7.72. The van der Waals surface area contributed by atoms with E-state index in [9.17, 15) is 9.59 Å². The predicted octanol–water partition coefficient (Wildman–Crippen LogP) is 7.41. The molecular weight excluding hydrogens is 518 g/mol. The first-order valence-corrected chi connectivity index (χ1v) is 13.8. The first-order valence-electron chi connectivity index (χ1n) is 12.0. The van der Waals surface area contributed by atoms with E-state index in [4.69, 9.17) is 9.15 Å². The van der Waals surface area contributed by atoms with E-state index in [-0.39, 0.29) is 0 Å². The number of carbonyl (C=O) groups excluding carboxylic acids is 2. The maximum absolute atomic E-state index is 13.4. The van der Waals surface area contributed by atoms with Crippen molar-refractivity contribution in [2.24, 2.45) is 0 Å². The van der Waals surface area contributed by atoms with Crippen molar-refractivity contribution in [2.45, 2.75) is 19.4 Å². The number of thiophene rings is 1. The molecule has 1 atom stereocenters. The number of ether oxygens (including phenoxy) is 1. The molecule has 0 aliphatic heterocycles. The van der Waals surface area contributed by atoms with E-state index in [2.05, 4.69) is 15.3 Å². The summed E-state index contributed by atoms with van der Waals surface area (Å²) in [5.41, 5.74) is 3.19. The van der Waals surface area contributed by atoms with Crippen molar-refractivity contribution in [2.75, 3.05) is 5.32 Å². The maximum atomic E-state index is 13.4. The maximum Gasteiger partial charge on any atom is 0.339 e. The Hall–Kier alpha value is -4.34. The van der Waals surface area contributed by atoms with Gasteiger partial charge in [-0.05, 0) is 47.5 Å². The molecule has 0 saturated heterocycles. The molecule has 38 heavy (non-hydrogen) atoms. The Morgan fingerprint density at radius 2 is 1.82 bits per heavy atom. The Labute approximate surface area is 225 Å². The molecule has 0 bridgehead atoms. The lowest BCUT2D eigenvalue weighted by molar-refractivity contribution is -0.124. The van der Waals surface area contributed by atoms with Crippen molar-refractivity contribution in [3.05, 3.63) is 89.1 Å². The predicted molar refractivity (Wildman–Crippen MR) is 151 cm³/mol. The van der Waals surface area contributed by atoms with Gasteiger partial charge in [0.25, 0.3) is 5.91 Å². The summed E-state index contributed by atoms with van der Waals surface area (Å²) >= 11 is 2.91. The quantitative estimate of drug-likeness (QED) is 0.212. The second-order valence-electron chi connectivity index (χ2n) is 8.50. The second-order valence-corrected chi connectivity index (χ2v) is 10.3. The zero-order valence-corrected chi connectivity index (χ0v) is 21.8. The van der Waals surface area contributed by atoms with E-state index in [1.165, 1.54) is 11.3 Å². The van der Waals surface area contributed by atoms with Crippen LogP contribution in [0.3, 0.4) is 0 Å². The standard InChI is InChI=1S/C29H21N3O4S2/c1-2-22(26(33)32-29-31-21(16-38-29)24-14-7-15-37-24)36-28(34)19-11-6-9-17-8-5-10-18(25(17)19)27-30-20-12-3-4-13-23(20)35-27/h3-16,22H,2H2,1H3,(H,31,32,33). The Balaban J connectivity index is 1.27. The van der Waals surface area contributed by atoms with E-state index >= 15 is 0 Å². The van der Waals surface area contributed by atoms with Crippen molar-refractivity contribution in [1.82, 2.24) is 9.97 Å². The smallest absolute Gasteiger partial charge is 0.339 e. The van der Waals surface area contributed by atoms with Gasteiger partial charge in [-0.2, -0.15) is 0 Å². The van der Waals surface area contributed by atoms with Gasteiger partial charge in [0.2, 0.25) is 5.89 Å². The number of carbonyl (C=O) groups is 2. The van der Waals surface area contributed by atoms with Crippen LogP contribution in [0.2, 0.25) is 0 Å². The van der Waals surface area contributed by atoms with E-state index in [0.717, 1.165) is 21.5 Å². The third-order valence-electron chi connectivity index (χ3n) is 6.07. The fourth-order valence-corrected chi connectivity index (χ4v) is 5.72. The lowest BCUT2D eigenvalue weighted by Gasteiger charge is -2.16. The highest BCUT2D eigenvalue weighted by molar-refractivity contribution is 7.16. The van der Waals surface area contributed by atoms with Crippen LogP contribution in [0.1, 0.15) is 23.7 Å². The number of fused-ring (bicyclic) bond motifs is 2. The first-order chi connectivity index (χ1) is 18.6. The molecule has 9 heteroatoms. The molecule has 3 heterocycles. The number of nitrogens with one attached hydrogen (secondary N) is 1. The van der Waals surface area contributed by atoms with Crippen molar-refractivity contribution in [3.63, 3.8) is 0 Å². The molecule has 1 N–H and O–H groups in total. The molecule has 0 saturated carbocycles. The zero-order valence-electron chi connectivity index (χ0n) is 20.2. The van der Waals surface area contributed by atoms with Crippen LogP contribution in [-0.2, 0) is 9.53 Å². The van der Waals surface area contributed by atoms with E-state index in [0.29, 0.717) is 39.5 Å². The van der Waals surface area contributed by atoms with Gasteiger partial charge < -0.3 is 9.15 Å². The minimum absolute atomic E-state index is 0.309. The summed E-state index contributed by atoms with van der Waals surface area (Å²) in [5.74, 6) is -0.612. The number of amides is 1. The molecule has 1 amide bonds. The number of hydrogen-bond acceptors (Lipinski definition) is 8. The highest BCUT2D eigenvalue weighted by Crippen LogP contribution is 2.33. The molecule has 0 aliphatic carbocycles. The molecule has 3 aromatic carbocycles. The summed E-state index contributed by atoms with van der Waals surface area (Å²) in [7, 11) is 0. The first kappa shape index (κ1) is 24.0. The van der Waals surface area contributed by atoms with Gasteiger partial charge in [-0.3, -0.25) is 10.1 Å². The summed E-state index contributed by atoms with van der Waals surface area (Å²) < 4.78 is 11.7. The molecular formula is C29H21N3O4S2. The number of nitrogens with zero attached hydrogens (tertiary/aromatic N) is 2. The van der Waals surface area contributed by atoms with Crippen LogP contribution in [0.25, 0.3) is 43.9 Å². The number of oxazole rings is 1. The number of aromatic nitrogens is 2. The summed E-state index contributed by atoms with van der Waals surface area (Å²) in [6, 6.07) is 22.5. The third kappa shape index (κ3) is 4.57. The molecule has 0 spiro atoms. The molecule has 6 aromatic rings. The summed E-state index contributed by atoms with van der Waals surface area (Å²) in [6.07, 6.45) is -0.674. The monoisotopic (exact) mass is 539 g/mol. The van der Waals surface area contributed by atoms with Gasteiger partial charge in [-0.15, -0.1) is 22.7 Å². The zero-order chi connectivity index (χ0) is 26.1. The van der Waals surface area contributed by atoms with Gasteiger partial charge in [0, 0.05) is 16.3 Å². The molecule has 188 valence electrons. The van der Waals surface area contributed by atoms with Gasteiger partial charge in [0.1, 0.15) is 5.52 Å². The van der Waals surface area contributed by atoms with Crippen LogP contribution in [0, 0.1) is 0 Å². The van der Waals surface area contributed by atoms with E-state index in [1.807, 2.05) is 71.4 Å². The van der Waals surface area contributed by atoms with Gasteiger partial charge in [-0.1, -0.05) is 49.4 Å². The second kappa shape index (κ2) is 10.2. The number of para-hydroxylation sites is 2. The molecule has 0 radical (unpaired) electrons. The largest absolute Gasteiger partial charge is 0.449 e. The number of hydrogen-bond donors (Lipinski definition) is 1. The fraction of sp³-hybridized carbons (Fsp3) is 0.103. The van der Waals surface area contributed by atoms with Crippen LogP contribution in [0.15, 0.2) is 88.0 Å². The average molecular weight is 540 g/mol. The molecule has 0 fully saturated rings. The number of anilines is 1. The van der Waals surface area contributed by atoms with Gasteiger partial charge >= 0.3 is 5.97 Å². The van der Waals surface area contributed by atoms with Crippen molar-refractivity contribution in [1.29, 1.82) is 0 Å². The van der Waals surface area contributed by atoms with E-state index < -0.39 is 18.0 Å². The van der Waals surface area contributed by atoms with Crippen LogP contribution >= 0.6 is 22.7 Å². The lowest BCUT2D eigenvalue weighted by Crippen LogP contribution is -2.32. The Morgan fingerprint density at radius 1 is 0.974 bits per heavy atom. The van der Waals surface area contributed by atoms with E-state index in [1.54, 1.807) is 30.4 Å². The minimum Gasteiger partial charge on any atom is -0.449 e. The molecule has 3 aromatic heterocycles. The SMILES string of the molecule is CCC(OC(=O)c1cccc2cccc(-c3nc4ccccc4o3)c12)C(=O)Nc1nc(-c2cccs2)cs1. The van der Waals surface area contributed by atoms with Gasteiger partial charge in [0.05, 0.1) is 16.1 Å². The Kier molecular flexibility index (Phi) is 6.45. The van der Waals surface area contributed by atoms with Crippen molar-refractivity contribution < 1.29 is 18.7 Å². The average Bonchev–Trinajstić information content (AvgIpc) is 3.71. The molecule has 7 nitrogen and oxygen atoms in total. The minimum atomic E-state index is -0.983. The summed E-state index contributed by atoms with van der Waals surface area (Å²) in [6.45, 7) is 1.79. The number of esters is 1. The normalized spacial score (nSPS) is 12.0. The van der Waals surface area contributed by atoms with Crippen molar-refractivity contribution in [3.8, 4) is 22.0 Å². The molecule has 1 unspecified atom stereocenters. The fourth-order valence-electron chi connectivity index (χ4n) is 4.25. The lowest BCUT2D eigenvalue weighted by atomic mass is 9.99. The van der Waals surface area contributed by atoms with Gasteiger partial charge in [0.15, 0.2) is 16.8 Å². The van der Waals surface area contributed by atoms with Crippen LogP contribution in [0.5, 0.6) is 0 Å². The number of thiazole rings is 1. The van der Waals surface area contributed by atoms with Gasteiger partial charge in [-0.25, -0.2) is 14.8 Å². The Morgan fingerprint density at radius 3 is 2.61 bits per heavy atom. The topological polar surface area (TPSA) is 94.3 Å². The molecule has 0 aliphatic rings. The van der Waals surface area contributed by atoms with Crippen LogP contribution in [0.4, 0.5) is 5.13 Å². The number of rotatable bonds is 7. The van der Waals surface area contributed by atoms with Crippen LogP contribution < -0.4 is 5.32 Å². The highest BCUT2D eigenvalue weighted by Gasteiger charge is 2.25. The van der Waals surface area contributed by atoms with Crippen LogP contribution in [-0.4, -0.2) is 27.9 Å². The highest BCUT2D eigenvalue weighted by atomic mass is 32.1. The number of benzene rings is 3. The summed E-state index contributed by atoms with van der Waals surface area (Å²) in [4.78, 5) is 36.6. The van der Waals surface area contributed by atoms with Crippen molar-refractivity contribution >= 4 is 61.6 Å². The summed E-state index contributed by atoms with van der Waals surface area (Å²) in [5, 5.41) is 8.60. The molecule has 6 rings (SSSR count).